The van der Waals surface area contributed by atoms with E-state index in [0.29, 0.717) is 24.1 Å². The molecule has 0 bridgehead atoms. The van der Waals surface area contributed by atoms with Gasteiger partial charge in [-0.3, -0.25) is 0 Å². The summed E-state index contributed by atoms with van der Waals surface area (Å²) >= 11 is 0. The Balaban J connectivity index is 2.09. The van der Waals surface area contributed by atoms with E-state index in [1.54, 1.807) is 12.1 Å². The van der Waals surface area contributed by atoms with Crippen molar-refractivity contribution >= 4 is 22.8 Å². The van der Waals surface area contributed by atoms with Crippen molar-refractivity contribution < 1.29 is 24.5 Å². The van der Waals surface area contributed by atoms with Crippen LogP contribution in [-0.4, -0.2) is 27.1 Å². The Morgan fingerprint density at radius 2 is 2.00 bits per heavy atom. The highest BCUT2D eigenvalue weighted by Gasteiger charge is 2.25. The minimum Gasteiger partial charge on any atom is -0.477 e. The number of rotatable bonds is 4. The lowest BCUT2D eigenvalue weighted by molar-refractivity contribution is -0.135. The summed E-state index contributed by atoms with van der Waals surface area (Å²) in [5.74, 6) is -1.81. The number of hydrogen-bond donors (Lipinski definition) is 2. The van der Waals surface area contributed by atoms with Crippen molar-refractivity contribution in [3.63, 3.8) is 0 Å². The topological polar surface area (TPSA) is 96.7 Å². The molecule has 0 fully saturated rings. The maximum Gasteiger partial charge on any atom is 0.371 e. The first-order valence-corrected chi connectivity index (χ1v) is 7.29. The average Bonchev–Trinajstić information content (AvgIpc) is 2.51. The summed E-state index contributed by atoms with van der Waals surface area (Å²) in [6, 6.07) is 6.62. The number of hydrogen-bond acceptors (Lipinski definition) is 4. The first kappa shape index (κ1) is 15.0. The molecule has 2 aromatic rings. The standard InChI is InChI=1S/C17H15NO5/c1-2-3-10-7-11-6-9-4-5-12(16(19)20)18-13(9)8-14(11)23-15(10)17(21)22/h4-6,8H,2-3,7H2,1H3,(H,19,20)(H,21,22). The van der Waals surface area contributed by atoms with Gasteiger partial charge in [0, 0.05) is 17.9 Å². The molecule has 0 amide bonds. The number of carboxylic acid groups (broad SMARTS) is 2. The number of nitrogens with zero attached hydrogens (tertiary/aromatic N) is 1. The predicted molar refractivity (Wildman–Crippen MR) is 82.6 cm³/mol. The molecule has 2 N–H and O–H groups in total. The van der Waals surface area contributed by atoms with Crippen LogP contribution in [0.15, 0.2) is 35.6 Å². The van der Waals surface area contributed by atoms with Gasteiger partial charge in [-0.25, -0.2) is 14.6 Å². The number of pyridine rings is 1. The number of benzene rings is 1. The predicted octanol–water partition coefficient (Wildman–Crippen LogP) is 3.01. The van der Waals surface area contributed by atoms with Crippen molar-refractivity contribution in [3.8, 4) is 5.75 Å². The van der Waals surface area contributed by atoms with E-state index >= 15 is 0 Å². The Bertz CT molecular complexity index is 853. The quantitative estimate of drug-likeness (QED) is 0.900. The molecule has 2 heterocycles. The lowest BCUT2D eigenvalue weighted by Crippen LogP contribution is -2.17. The summed E-state index contributed by atoms with van der Waals surface area (Å²) in [5.41, 5.74) is 2.05. The number of fused-ring (bicyclic) bond motifs is 2. The molecule has 0 unspecified atom stereocenters. The van der Waals surface area contributed by atoms with Crippen LogP contribution in [0.4, 0.5) is 0 Å². The third-order valence-electron chi connectivity index (χ3n) is 3.77. The number of carboxylic acids is 2. The first-order chi connectivity index (χ1) is 11.0. The lowest BCUT2D eigenvalue weighted by Gasteiger charge is -2.21. The van der Waals surface area contributed by atoms with Gasteiger partial charge >= 0.3 is 11.9 Å². The van der Waals surface area contributed by atoms with Crippen LogP contribution in [-0.2, 0) is 11.2 Å². The number of ether oxygens (including phenoxy) is 1. The highest BCUT2D eigenvalue weighted by molar-refractivity contribution is 5.91. The van der Waals surface area contributed by atoms with E-state index in [9.17, 15) is 14.7 Å². The van der Waals surface area contributed by atoms with E-state index in [4.69, 9.17) is 9.84 Å². The summed E-state index contributed by atoms with van der Waals surface area (Å²) in [5, 5.41) is 19.1. The first-order valence-electron chi connectivity index (χ1n) is 7.29. The second-order valence-corrected chi connectivity index (χ2v) is 5.42. The number of aromatic carboxylic acids is 1. The Labute approximate surface area is 132 Å². The Kier molecular flexibility index (Phi) is 3.73. The second-order valence-electron chi connectivity index (χ2n) is 5.42. The van der Waals surface area contributed by atoms with Gasteiger partial charge in [0.05, 0.1) is 5.52 Å². The highest BCUT2D eigenvalue weighted by Crippen LogP contribution is 2.35. The zero-order valence-corrected chi connectivity index (χ0v) is 12.5. The molecule has 1 aliphatic heterocycles. The SMILES string of the molecule is CCCC1=C(C(=O)O)Oc2cc3nc(C(=O)O)ccc3cc2C1. The molecule has 0 atom stereocenters. The minimum absolute atomic E-state index is 0.0342. The van der Waals surface area contributed by atoms with E-state index < -0.39 is 11.9 Å². The third kappa shape index (κ3) is 2.75. The maximum atomic E-state index is 11.4. The molecule has 1 aromatic heterocycles. The Morgan fingerprint density at radius 1 is 1.22 bits per heavy atom. The molecule has 6 heteroatoms. The molecule has 1 aliphatic rings. The van der Waals surface area contributed by atoms with Gasteiger partial charge < -0.3 is 14.9 Å². The van der Waals surface area contributed by atoms with Gasteiger partial charge in [0.15, 0.2) is 0 Å². The fraction of sp³-hybridized carbons (Fsp3) is 0.235. The summed E-state index contributed by atoms with van der Waals surface area (Å²) < 4.78 is 5.56. The van der Waals surface area contributed by atoms with Crippen molar-refractivity contribution in [2.24, 2.45) is 0 Å². The zero-order chi connectivity index (χ0) is 16.6. The molecule has 0 aliphatic carbocycles. The zero-order valence-electron chi connectivity index (χ0n) is 12.5. The number of aromatic nitrogens is 1. The van der Waals surface area contributed by atoms with Gasteiger partial charge in [0.1, 0.15) is 11.4 Å². The van der Waals surface area contributed by atoms with Gasteiger partial charge in [-0.05, 0) is 29.7 Å². The number of carbonyl (C=O) groups is 2. The van der Waals surface area contributed by atoms with E-state index in [1.807, 2.05) is 13.0 Å². The number of aliphatic carboxylic acids is 1. The van der Waals surface area contributed by atoms with Gasteiger partial charge in [-0.1, -0.05) is 19.4 Å². The molecule has 118 valence electrons. The van der Waals surface area contributed by atoms with Crippen LogP contribution in [0.2, 0.25) is 0 Å². The molecule has 3 rings (SSSR count). The number of allylic oxidation sites excluding steroid dienone is 1. The van der Waals surface area contributed by atoms with E-state index in [0.717, 1.165) is 22.9 Å². The molecule has 6 nitrogen and oxygen atoms in total. The molecule has 0 saturated carbocycles. The molecule has 0 saturated heterocycles. The molecule has 0 radical (unpaired) electrons. The van der Waals surface area contributed by atoms with E-state index in [1.165, 1.54) is 6.07 Å². The summed E-state index contributed by atoms with van der Waals surface area (Å²) in [4.78, 5) is 26.5. The highest BCUT2D eigenvalue weighted by atomic mass is 16.5. The second kappa shape index (κ2) is 5.72. The van der Waals surface area contributed by atoms with E-state index in [-0.39, 0.29) is 11.5 Å². The van der Waals surface area contributed by atoms with E-state index in [2.05, 4.69) is 4.98 Å². The van der Waals surface area contributed by atoms with Crippen molar-refractivity contribution in [1.29, 1.82) is 0 Å². The van der Waals surface area contributed by atoms with Gasteiger partial charge in [-0.15, -0.1) is 0 Å². The van der Waals surface area contributed by atoms with Crippen LogP contribution in [0.3, 0.4) is 0 Å². The molecular formula is C17H15NO5. The normalized spacial score (nSPS) is 13.6. The Morgan fingerprint density at radius 3 is 2.65 bits per heavy atom. The van der Waals surface area contributed by atoms with Crippen LogP contribution in [0, 0.1) is 0 Å². The van der Waals surface area contributed by atoms with Crippen molar-refractivity contribution in [3.05, 3.63) is 46.9 Å². The average molecular weight is 313 g/mol. The molecule has 1 aromatic carbocycles. The molecule has 23 heavy (non-hydrogen) atoms. The Hall–Kier alpha value is -2.89. The lowest BCUT2D eigenvalue weighted by atomic mass is 9.95. The monoisotopic (exact) mass is 313 g/mol. The summed E-state index contributed by atoms with van der Waals surface area (Å²) in [6.45, 7) is 1.99. The van der Waals surface area contributed by atoms with Gasteiger partial charge in [0.25, 0.3) is 0 Å². The van der Waals surface area contributed by atoms with Crippen molar-refractivity contribution in [1.82, 2.24) is 4.98 Å². The summed E-state index contributed by atoms with van der Waals surface area (Å²) in [7, 11) is 0. The van der Waals surface area contributed by atoms with Crippen LogP contribution >= 0.6 is 0 Å². The van der Waals surface area contributed by atoms with Gasteiger partial charge in [0.2, 0.25) is 5.76 Å². The smallest absolute Gasteiger partial charge is 0.371 e. The summed E-state index contributed by atoms with van der Waals surface area (Å²) in [6.07, 6.45) is 2.01. The van der Waals surface area contributed by atoms with Crippen LogP contribution < -0.4 is 4.74 Å². The van der Waals surface area contributed by atoms with Crippen LogP contribution in [0.25, 0.3) is 10.9 Å². The fourth-order valence-corrected chi connectivity index (χ4v) is 2.74. The maximum absolute atomic E-state index is 11.4. The van der Waals surface area contributed by atoms with Crippen molar-refractivity contribution in [2.75, 3.05) is 0 Å². The largest absolute Gasteiger partial charge is 0.477 e. The van der Waals surface area contributed by atoms with Crippen LogP contribution in [0.1, 0.15) is 35.8 Å². The van der Waals surface area contributed by atoms with Gasteiger partial charge in [-0.2, -0.15) is 0 Å². The molecular weight excluding hydrogens is 298 g/mol. The van der Waals surface area contributed by atoms with Crippen LogP contribution in [0.5, 0.6) is 5.75 Å². The van der Waals surface area contributed by atoms with Crippen molar-refractivity contribution in [2.45, 2.75) is 26.2 Å². The third-order valence-corrected chi connectivity index (χ3v) is 3.77. The minimum atomic E-state index is -1.11. The molecule has 0 spiro atoms. The fourth-order valence-electron chi connectivity index (χ4n) is 2.74.